The highest BCUT2D eigenvalue weighted by molar-refractivity contribution is 7.90. The lowest BCUT2D eigenvalue weighted by atomic mass is 9.83. The fourth-order valence-electron chi connectivity index (χ4n) is 6.53. The summed E-state index contributed by atoms with van der Waals surface area (Å²) in [5, 5.41) is 4.06. The molecule has 240 valence electrons. The second-order valence-corrected chi connectivity index (χ2v) is 14.8. The quantitative estimate of drug-likeness (QED) is 0.243. The summed E-state index contributed by atoms with van der Waals surface area (Å²) in [4.78, 5) is 31.5. The Morgan fingerprint density at radius 2 is 1.83 bits per heavy atom. The van der Waals surface area contributed by atoms with E-state index in [1.165, 1.54) is 6.07 Å². The molecule has 0 spiro atoms. The van der Waals surface area contributed by atoms with E-state index in [0.717, 1.165) is 43.5 Å². The molecule has 12 nitrogen and oxygen atoms in total. The van der Waals surface area contributed by atoms with E-state index >= 15 is 0 Å². The van der Waals surface area contributed by atoms with Gasteiger partial charge in [-0.2, -0.15) is 4.98 Å². The van der Waals surface area contributed by atoms with Crippen molar-refractivity contribution in [2.75, 3.05) is 30.9 Å². The van der Waals surface area contributed by atoms with Crippen molar-refractivity contribution >= 4 is 38.6 Å². The fourth-order valence-corrected chi connectivity index (χ4v) is 7.51. The van der Waals surface area contributed by atoms with Crippen LogP contribution in [0.25, 0.3) is 34.1 Å². The molecule has 2 fully saturated rings. The largest absolute Gasteiger partial charge is 0.439 e. The van der Waals surface area contributed by atoms with Crippen LogP contribution in [0.5, 0.6) is 0 Å². The van der Waals surface area contributed by atoms with Crippen molar-refractivity contribution in [3.05, 3.63) is 69.7 Å². The van der Waals surface area contributed by atoms with Gasteiger partial charge in [-0.25, -0.2) is 23.2 Å². The van der Waals surface area contributed by atoms with E-state index in [4.69, 9.17) is 35.8 Å². The third-order valence-electron chi connectivity index (χ3n) is 8.95. The van der Waals surface area contributed by atoms with Gasteiger partial charge in [0.15, 0.2) is 15.5 Å². The molecule has 4 heterocycles. The molecule has 1 saturated carbocycles. The summed E-state index contributed by atoms with van der Waals surface area (Å²) in [6, 6.07) is 14.7. The van der Waals surface area contributed by atoms with Crippen molar-refractivity contribution in [2.45, 2.75) is 50.1 Å². The van der Waals surface area contributed by atoms with Crippen LogP contribution in [-0.2, 0) is 21.1 Å². The van der Waals surface area contributed by atoms with Gasteiger partial charge in [0.25, 0.3) is 0 Å². The minimum absolute atomic E-state index is 0.0319. The van der Waals surface area contributed by atoms with Crippen molar-refractivity contribution in [3.8, 4) is 22.9 Å². The van der Waals surface area contributed by atoms with Crippen LogP contribution in [0.1, 0.15) is 44.2 Å². The number of nitrogens with one attached hydrogen (secondary N) is 1. The Balaban J connectivity index is 1.49. The first-order valence-corrected chi connectivity index (χ1v) is 17.7. The van der Waals surface area contributed by atoms with Crippen molar-refractivity contribution in [2.24, 2.45) is 11.8 Å². The molecule has 1 aliphatic carbocycles. The standard InChI is InChI=1S/C32H34ClN7O5S/c1-19-8-10-20(11-9-19)17-40-27-26(22-14-23(33)16-24(15-22)46(2,42)43)34-29(30-37-32(41)45-38-30)35-28(27)36-31(40)39-12-13-44-18-25(39)21-6-4-3-5-7-21/h3-7,14-16,19-20,25H,8-13,17-18H2,1-2H3,(H,37,38,41)/t19?,20?,25-/m0/s1. The number of sulfone groups is 1. The van der Waals surface area contributed by atoms with Gasteiger partial charge in [-0.1, -0.05) is 66.9 Å². The molecule has 0 radical (unpaired) electrons. The molecule has 14 heteroatoms. The minimum atomic E-state index is -3.60. The molecule has 3 aromatic heterocycles. The Morgan fingerprint density at radius 1 is 1.04 bits per heavy atom. The number of aromatic nitrogens is 6. The van der Waals surface area contributed by atoms with Gasteiger partial charge in [-0.3, -0.25) is 9.51 Å². The zero-order chi connectivity index (χ0) is 32.0. The van der Waals surface area contributed by atoms with E-state index in [9.17, 15) is 13.2 Å². The monoisotopic (exact) mass is 663 g/mol. The number of anilines is 1. The van der Waals surface area contributed by atoms with Gasteiger partial charge < -0.3 is 14.2 Å². The summed E-state index contributed by atoms with van der Waals surface area (Å²) in [5.74, 6) is 1.16. The highest BCUT2D eigenvalue weighted by Crippen LogP contribution is 2.39. The molecule has 2 aliphatic rings. The van der Waals surface area contributed by atoms with Crippen LogP contribution in [0.15, 0.2) is 62.7 Å². The first-order valence-electron chi connectivity index (χ1n) is 15.4. The number of imidazole rings is 1. The lowest BCUT2D eigenvalue weighted by Gasteiger charge is -2.37. The predicted molar refractivity (Wildman–Crippen MR) is 173 cm³/mol. The third-order valence-corrected chi connectivity index (χ3v) is 10.3. The molecule has 7 rings (SSSR count). The van der Waals surface area contributed by atoms with E-state index in [1.807, 2.05) is 18.2 Å². The number of ether oxygens (including phenoxy) is 1. The molecule has 1 atom stereocenters. The molecule has 2 aromatic carbocycles. The van der Waals surface area contributed by atoms with Crippen molar-refractivity contribution in [1.29, 1.82) is 0 Å². The summed E-state index contributed by atoms with van der Waals surface area (Å²) in [6.07, 6.45) is 5.59. The normalized spacial score (nSPS) is 20.8. The lowest BCUT2D eigenvalue weighted by molar-refractivity contribution is 0.0927. The average molecular weight is 664 g/mol. The van der Waals surface area contributed by atoms with E-state index in [0.29, 0.717) is 60.6 Å². The highest BCUT2D eigenvalue weighted by Gasteiger charge is 2.32. The Morgan fingerprint density at radius 3 is 2.54 bits per heavy atom. The highest BCUT2D eigenvalue weighted by atomic mass is 35.5. The molecular formula is C32H34ClN7O5S. The van der Waals surface area contributed by atoms with Gasteiger partial charge in [-0.05, 0) is 48.4 Å². The van der Waals surface area contributed by atoms with Crippen LogP contribution >= 0.6 is 11.6 Å². The summed E-state index contributed by atoms with van der Waals surface area (Å²) in [7, 11) is -3.60. The van der Waals surface area contributed by atoms with E-state index in [-0.39, 0.29) is 27.6 Å². The topological polar surface area (TPSA) is 149 Å². The number of benzene rings is 2. The number of nitrogens with zero attached hydrogens (tertiary/aromatic N) is 6. The molecule has 1 aliphatic heterocycles. The third kappa shape index (κ3) is 6.06. The van der Waals surface area contributed by atoms with Gasteiger partial charge in [0.05, 0.1) is 24.2 Å². The van der Waals surface area contributed by atoms with E-state index in [2.05, 4.69) is 38.7 Å². The molecule has 46 heavy (non-hydrogen) atoms. The Labute approximate surface area is 270 Å². The van der Waals surface area contributed by atoms with Crippen LogP contribution in [0.2, 0.25) is 5.02 Å². The summed E-state index contributed by atoms with van der Waals surface area (Å²) < 4.78 is 38.3. The molecule has 0 amide bonds. The zero-order valence-electron chi connectivity index (χ0n) is 25.5. The van der Waals surface area contributed by atoms with Crippen molar-refractivity contribution in [3.63, 3.8) is 0 Å². The summed E-state index contributed by atoms with van der Waals surface area (Å²) in [5.41, 5.74) is 3.01. The first-order chi connectivity index (χ1) is 22.1. The molecule has 5 aromatic rings. The predicted octanol–water partition coefficient (Wildman–Crippen LogP) is 5.30. The number of halogens is 1. The summed E-state index contributed by atoms with van der Waals surface area (Å²) >= 11 is 6.51. The maximum atomic E-state index is 12.7. The molecule has 0 bridgehead atoms. The van der Waals surface area contributed by atoms with Gasteiger partial charge in [-0.15, -0.1) is 0 Å². The number of hydrogen-bond acceptors (Lipinski definition) is 10. The average Bonchev–Trinajstić information content (AvgIpc) is 3.65. The lowest BCUT2D eigenvalue weighted by Crippen LogP contribution is -2.41. The minimum Gasteiger partial charge on any atom is -0.377 e. The maximum Gasteiger partial charge on any atom is 0.439 e. The number of aromatic amines is 1. The summed E-state index contributed by atoms with van der Waals surface area (Å²) in [6.45, 7) is 4.60. The second kappa shape index (κ2) is 12.3. The zero-order valence-corrected chi connectivity index (χ0v) is 27.1. The first kappa shape index (κ1) is 30.6. The number of fused-ring (bicyclic) bond motifs is 1. The molecule has 1 N–H and O–H groups in total. The van der Waals surface area contributed by atoms with E-state index in [1.54, 1.807) is 12.1 Å². The Kier molecular flexibility index (Phi) is 8.16. The number of morpholine rings is 1. The van der Waals surface area contributed by atoms with Gasteiger partial charge in [0.1, 0.15) is 11.2 Å². The number of rotatable bonds is 7. The molecule has 0 unspecified atom stereocenters. The van der Waals surface area contributed by atoms with Gasteiger partial charge in [0, 0.05) is 29.9 Å². The smallest absolute Gasteiger partial charge is 0.377 e. The fraction of sp³-hybridized carbons (Fsp3) is 0.406. The van der Waals surface area contributed by atoms with Gasteiger partial charge >= 0.3 is 5.76 Å². The van der Waals surface area contributed by atoms with Gasteiger partial charge in [0.2, 0.25) is 17.6 Å². The van der Waals surface area contributed by atoms with Crippen LogP contribution < -0.4 is 10.7 Å². The Hall–Kier alpha value is -4.07. The second-order valence-electron chi connectivity index (χ2n) is 12.3. The van der Waals surface area contributed by atoms with Crippen LogP contribution in [0.4, 0.5) is 5.95 Å². The SMILES string of the molecule is CC1CCC(Cn2c(N3CCOC[C@H]3c3ccccc3)nc3nc(-c4noc(=O)[nH]4)nc(-c4cc(Cl)cc(S(C)(=O)=O)c4)c32)CC1. The number of H-pyrrole nitrogens is 1. The molecular weight excluding hydrogens is 630 g/mol. The van der Waals surface area contributed by atoms with Crippen LogP contribution in [0.3, 0.4) is 0 Å². The molecule has 1 saturated heterocycles. The van der Waals surface area contributed by atoms with Crippen molar-refractivity contribution in [1.82, 2.24) is 29.7 Å². The number of hydrogen-bond donors (Lipinski definition) is 1. The van der Waals surface area contributed by atoms with Crippen LogP contribution in [0, 0.1) is 11.8 Å². The van der Waals surface area contributed by atoms with E-state index < -0.39 is 15.6 Å². The van der Waals surface area contributed by atoms with Crippen LogP contribution in [-0.4, -0.2) is 64.1 Å². The maximum absolute atomic E-state index is 12.7. The Bertz CT molecular complexity index is 2050. The van der Waals surface area contributed by atoms with Crippen molar-refractivity contribution < 1.29 is 17.7 Å².